The Bertz CT molecular complexity index is 858. The minimum atomic E-state index is -0.278. The fourth-order valence-electron chi connectivity index (χ4n) is 2.88. The van der Waals surface area contributed by atoms with Crippen molar-refractivity contribution in [3.8, 4) is 11.5 Å². The maximum absolute atomic E-state index is 12.7. The Morgan fingerprint density at radius 3 is 1.93 bits per heavy atom. The summed E-state index contributed by atoms with van der Waals surface area (Å²) in [5.41, 5.74) is 2.58. The van der Waals surface area contributed by atoms with Crippen LogP contribution in [0.15, 0.2) is 78.9 Å². The number of methoxy groups -OCH3 is 1. The molecule has 0 aliphatic heterocycles. The van der Waals surface area contributed by atoms with Gasteiger partial charge in [-0.05, 0) is 54.4 Å². The van der Waals surface area contributed by atoms with Crippen LogP contribution in [0.25, 0.3) is 0 Å². The third-order valence-corrected chi connectivity index (χ3v) is 4.28. The van der Waals surface area contributed by atoms with Gasteiger partial charge >= 0.3 is 0 Å². The summed E-state index contributed by atoms with van der Waals surface area (Å²) in [5, 5.41) is 3.13. The zero-order valence-corrected chi connectivity index (χ0v) is 15.5. The molecule has 27 heavy (non-hydrogen) atoms. The molecule has 1 atom stereocenters. The molecule has 0 aliphatic carbocycles. The second-order valence-corrected chi connectivity index (χ2v) is 6.05. The van der Waals surface area contributed by atoms with Gasteiger partial charge in [0.15, 0.2) is 0 Å². The second-order valence-electron chi connectivity index (χ2n) is 6.05. The maximum Gasteiger partial charge on any atom is 0.252 e. The van der Waals surface area contributed by atoms with Crippen LogP contribution in [-0.2, 0) is 0 Å². The van der Waals surface area contributed by atoms with E-state index in [1.807, 2.05) is 73.7 Å². The molecule has 0 unspecified atom stereocenters. The Kier molecular flexibility index (Phi) is 6.10. The Morgan fingerprint density at radius 2 is 1.41 bits per heavy atom. The van der Waals surface area contributed by atoms with Gasteiger partial charge in [-0.1, -0.05) is 42.5 Å². The van der Waals surface area contributed by atoms with E-state index in [1.54, 1.807) is 19.2 Å². The molecule has 0 spiro atoms. The monoisotopic (exact) mass is 361 g/mol. The molecule has 0 aliphatic rings. The average molecular weight is 361 g/mol. The summed E-state index contributed by atoms with van der Waals surface area (Å²) in [6.07, 6.45) is 0. The molecular weight excluding hydrogens is 338 g/mol. The van der Waals surface area contributed by atoms with E-state index in [4.69, 9.17) is 9.47 Å². The van der Waals surface area contributed by atoms with Crippen LogP contribution in [0.3, 0.4) is 0 Å². The molecule has 4 heteroatoms. The molecular formula is C23H23NO3. The van der Waals surface area contributed by atoms with Gasteiger partial charge in [0.05, 0.1) is 19.8 Å². The van der Waals surface area contributed by atoms with Gasteiger partial charge in [0.1, 0.15) is 11.5 Å². The highest BCUT2D eigenvalue weighted by Crippen LogP contribution is 2.26. The standard InChI is InChI=1S/C23H23NO3/c1-3-27-21-15-11-18(12-16-21)22(17-9-13-20(26-2)14-10-17)24-23(25)19-7-5-4-6-8-19/h4-16,22H,3H2,1-2H3,(H,24,25)/t22-/m0/s1. The lowest BCUT2D eigenvalue weighted by molar-refractivity contribution is 0.0943. The number of amides is 1. The zero-order valence-electron chi connectivity index (χ0n) is 15.5. The largest absolute Gasteiger partial charge is 0.497 e. The number of carbonyl (C=O) groups is 1. The third-order valence-electron chi connectivity index (χ3n) is 4.28. The molecule has 3 rings (SSSR count). The first-order valence-electron chi connectivity index (χ1n) is 8.94. The van der Waals surface area contributed by atoms with Crippen molar-refractivity contribution >= 4 is 5.91 Å². The van der Waals surface area contributed by atoms with Crippen LogP contribution in [0.4, 0.5) is 0 Å². The molecule has 1 amide bonds. The number of hydrogen-bond donors (Lipinski definition) is 1. The summed E-state index contributed by atoms with van der Waals surface area (Å²) in [6, 6.07) is 24.4. The third kappa shape index (κ3) is 4.67. The lowest BCUT2D eigenvalue weighted by Gasteiger charge is -2.20. The summed E-state index contributed by atoms with van der Waals surface area (Å²) >= 11 is 0. The Morgan fingerprint density at radius 1 is 0.852 bits per heavy atom. The fourth-order valence-corrected chi connectivity index (χ4v) is 2.88. The van der Waals surface area contributed by atoms with E-state index in [0.717, 1.165) is 22.6 Å². The minimum Gasteiger partial charge on any atom is -0.497 e. The van der Waals surface area contributed by atoms with E-state index < -0.39 is 0 Å². The smallest absolute Gasteiger partial charge is 0.252 e. The number of ether oxygens (including phenoxy) is 2. The van der Waals surface area contributed by atoms with E-state index >= 15 is 0 Å². The highest BCUT2D eigenvalue weighted by Gasteiger charge is 2.18. The summed E-state index contributed by atoms with van der Waals surface area (Å²) in [5.74, 6) is 1.47. The van der Waals surface area contributed by atoms with Crippen LogP contribution in [0, 0.1) is 0 Å². The van der Waals surface area contributed by atoms with E-state index in [-0.39, 0.29) is 11.9 Å². The molecule has 0 aromatic heterocycles. The van der Waals surface area contributed by atoms with Crippen molar-refractivity contribution in [2.24, 2.45) is 0 Å². The SMILES string of the molecule is CCOc1ccc([C@@H](NC(=O)c2ccccc2)c2ccc(OC)cc2)cc1. The molecule has 138 valence electrons. The average Bonchev–Trinajstić information content (AvgIpc) is 2.73. The number of benzene rings is 3. The molecule has 0 fully saturated rings. The van der Waals surface area contributed by atoms with Gasteiger partial charge in [0.25, 0.3) is 5.91 Å². The minimum absolute atomic E-state index is 0.120. The number of hydrogen-bond acceptors (Lipinski definition) is 3. The van der Waals surface area contributed by atoms with Crippen molar-refractivity contribution < 1.29 is 14.3 Å². The first-order chi connectivity index (χ1) is 13.2. The molecule has 0 bridgehead atoms. The fraction of sp³-hybridized carbons (Fsp3) is 0.174. The van der Waals surface area contributed by atoms with Crippen molar-refractivity contribution in [3.63, 3.8) is 0 Å². The Balaban J connectivity index is 1.91. The lowest BCUT2D eigenvalue weighted by atomic mass is 9.98. The summed E-state index contributed by atoms with van der Waals surface area (Å²) in [4.78, 5) is 12.7. The van der Waals surface area contributed by atoms with Crippen LogP contribution in [-0.4, -0.2) is 19.6 Å². The molecule has 0 radical (unpaired) electrons. The van der Waals surface area contributed by atoms with Gasteiger partial charge in [-0.15, -0.1) is 0 Å². The highest BCUT2D eigenvalue weighted by molar-refractivity contribution is 5.94. The Hall–Kier alpha value is -3.27. The topological polar surface area (TPSA) is 47.6 Å². The zero-order chi connectivity index (χ0) is 19.1. The van der Waals surface area contributed by atoms with Gasteiger partial charge in [0, 0.05) is 5.56 Å². The van der Waals surface area contributed by atoms with Gasteiger partial charge < -0.3 is 14.8 Å². The van der Waals surface area contributed by atoms with E-state index in [2.05, 4.69) is 5.32 Å². The van der Waals surface area contributed by atoms with Crippen LogP contribution in [0.5, 0.6) is 11.5 Å². The first-order valence-corrected chi connectivity index (χ1v) is 8.94. The number of carbonyl (C=O) groups excluding carboxylic acids is 1. The lowest BCUT2D eigenvalue weighted by Crippen LogP contribution is -2.29. The number of nitrogens with one attached hydrogen (secondary N) is 1. The summed E-state index contributed by atoms with van der Waals surface area (Å²) in [6.45, 7) is 2.57. The number of rotatable bonds is 7. The Labute approximate surface area is 159 Å². The molecule has 1 N–H and O–H groups in total. The first kappa shape index (κ1) is 18.5. The van der Waals surface area contributed by atoms with Crippen molar-refractivity contribution in [3.05, 3.63) is 95.6 Å². The van der Waals surface area contributed by atoms with Crippen molar-refractivity contribution in [1.82, 2.24) is 5.32 Å². The van der Waals surface area contributed by atoms with Gasteiger partial charge in [0.2, 0.25) is 0 Å². The van der Waals surface area contributed by atoms with Crippen molar-refractivity contribution in [1.29, 1.82) is 0 Å². The molecule has 4 nitrogen and oxygen atoms in total. The van der Waals surface area contributed by atoms with E-state index in [0.29, 0.717) is 12.2 Å². The molecule has 0 saturated heterocycles. The van der Waals surface area contributed by atoms with E-state index in [9.17, 15) is 4.79 Å². The van der Waals surface area contributed by atoms with Gasteiger partial charge in [-0.2, -0.15) is 0 Å². The van der Waals surface area contributed by atoms with Crippen LogP contribution in [0.2, 0.25) is 0 Å². The van der Waals surface area contributed by atoms with Crippen molar-refractivity contribution in [2.45, 2.75) is 13.0 Å². The molecule has 3 aromatic carbocycles. The quantitative estimate of drug-likeness (QED) is 0.668. The molecule has 0 heterocycles. The predicted molar refractivity (Wildman–Crippen MR) is 106 cm³/mol. The molecule has 3 aromatic rings. The maximum atomic E-state index is 12.7. The highest BCUT2D eigenvalue weighted by atomic mass is 16.5. The van der Waals surface area contributed by atoms with Crippen LogP contribution >= 0.6 is 0 Å². The van der Waals surface area contributed by atoms with E-state index in [1.165, 1.54) is 0 Å². The molecule has 0 saturated carbocycles. The van der Waals surface area contributed by atoms with Crippen LogP contribution < -0.4 is 14.8 Å². The predicted octanol–water partition coefficient (Wildman–Crippen LogP) is 4.61. The summed E-state index contributed by atoms with van der Waals surface area (Å²) in [7, 11) is 1.64. The summed E-state index contributed by atoms with van der Waals surface area (Å²) < 4.78 is 10.8. The normalized spacial score (nSPS) is 11.5. The van der Waals surface area contributed by atoms with Gasteiger partial charge in [-0.3, -0.25) is 4.79 Å². The van der Waals surface area contributed by atoms with Crippen LogP contribution in [0.1, 0.15) is 34.5 Å². The van der Waals surface area contributed by atoms with Crippen molar-refractivity contribution in [2.75, 3.05) is 13.7 Å². The second kappa shape index (κ2) is 8.90. The van der Waals surface area contributed by atoms with Gasteiger partial charge in [-0.25, -0.2) is 0 Å².